The van der Waals surface area contributed by atoms with Gasteiger partial charge in [-0.25, -0.2) is 4.39 Å². The highest BCUT2D eigenvalue weighted by atomic mass is 19.1. The Bertz CT molecular complexity index is 524. The van der Waals surface area contributed by atoms with Crippen LogP contribution in [0.3, 0.4) is 0 Å². The molecule has 0 amide bonds. The minimum Gasteiger partial charge on any atom is -0.317 e. The molecule has 0 aliphatic rings. The summed E-state index contributed by atoms with van der Waals surface area (Å²) in [5, 5.41) is 11.3. The van der Waals surface area contributed by atoms with Crippen LogP contribution in [0, 0.1) is 5.82 Å². The van der Waals surface area contributed by atoms with Crippen molar-refractivity contribution in [2.75, 3.05) is 0 Å². The van der Waals surface area contributed by atoms with Crippen LogP contribution in [0.4, 0.5) is 4.39 Å². The lowest BCUT2D eigenvalue weighted by Gasteiger charge is -2.13. The number of hydrogen-bond donors (Lipinski definition) is 1. The fourth-order valence-corrected chi connectivity index (χ4v) is 2.04. The Kier molecular flexibility index (Phi) is 4.63. The van der Waals surface area contributed by atoms with Crippen molar-refractivity contribution in [3.63, 3.8) is 0 Å². The Labute approximate surface area is 112 Å². The van der Waals surface area contributed by atoms with Gasteiger partial charge in [0.15, 0.2) is 0 Å². The summed E-state index contributed by atoms with van der Waals surface area (Å²) in [6.07, 6.45) is 2.52. The van der Waals surface area contributed by atoms with Gasteiger partial charge in [-0.1, -0.05) is 12.1 Å². The molecule has 0 aliphatic carbocycles. The van der Waals surface area contributed by atoms with Crippen LogP contribution in [0.15, 0.2) is 30.6 Å². The monoisotopic (exact) mass is 262 g/mol. The van der Waals surface area contributed by atoms with Gasteiger partial charge in [0.25, 0.3) is 0 Å². The van der Waals surface area contributed by atoms with Crippen molar-refractivity contribution in [3.8, 4) is 0 Å². The van der Waals surface area contributed by atoms with Gasteiger partial charge in [-0.3, -0.25) is 0 Å². The van der Waals surface area contributed by atoms with Crippen LogP contribution in [0.2, 0.25) is 0 Å². The normalized spacial score (nSPS) is 12.6. The molecule has 0 aliphatic heterocycles. The maximum absolute atomic E-state index is 13.1. The van der Waals surface area contributed by atoms with Crippen molar-refractivity contribution in [1.29, 1.82) is 0 Å². The molecule has 102 valence electrons. The molecule has 1 unspecified atom stereocenters. The summed E-state index contributed by atoms with van der Waals surface area (Å²) in [7, 11) is 0. The van der Waals surface area contributed by atoms with E-state index in [2.05, 4.69) is 29.4 Å². The van der Waals surface area contributed by atoms with E-state index in [0.29, 0.717) is 6.54 Å². The van der Waals surface area contributed by atoms with Crippen molar-refractivity contribution >= 4 is 0 Å². The Morgan fingerprint density at radius 1 is 1.42 bits per heavy atom. The van der Waals surface area contributed by atoms with Crippen molar-refractivity contribution in [1.82, 2.24) is 20.1 Å². The van der Waals surface area contributed by atoms with E-state index in [1.807, 2.05) is 10.6 Å². The lowest BCUT2D eigenvalue weighted by molar-refractivity contribution is 0.517. The van der Waals surface area contributed by atoms with Crippen LogP contribution >= 0.6 is 0 Å². The predicted molar refractivity (Wildman–Crippen MR) is 72.1 cm³/mol. The zero-order chi connectivity index (χ0) is 13.7. The van der Waals surface area contributed by atoms with Gasteiger partial charge >= 0.3 is 0 Å². The van der Waals surface area contributed by atoms with Gasteiger partial charge in [-0.05, 0) is 38.0 Å². The SMILES string of the molecule is CCn1cnnc1CNC(C)Cc1cccc(F)c1. The highest BCUT2D eigenvalue weighted by Crippen LogP contribution is 2.06. The first-order valence-corrected chi connectivity index (χ1v) is 6.53. The van der Waals surface area contributed by atoms with Crippen LogP contribution < -0.4 is 5.32 Å². The van der Waals surface area contributed by atoms with Crippen molar-refractivity contribution in [3.05, 3.63) is 47.8 Å². The summed E-state index contributed by atoms with van der Waals surface area (Å²) in [6, 6.07) is 6.97. The average Bonchev–Trinajstić information content (AvgIpc) is 2.83. The molecule has 0 bridgehead atoms. The number of rotatable bonds is 6. The van der Waals surface area contributed by atoms with Gasteiger partial charge < -0.3 is 9.88 Å². The summed E-state index contributed by atoms with van der Waals surface area (Å²) in [5.41, 5.74) is 0.997. The van der Waals surface area contributed by atoms with Gasteiger partial charge in [-0.2, -0.15) is 0 Å². The van der Waals surface area contributed by atoms with Gasteiger partial charge in [-0.15, -0.1) is 10.2 Å². The standard InChI is InChI=1S/C14H19FN4/c1-3-19-10-17-18-14(19)9-16-11(2)7-12-5-4-6-13(15)8-12/h4-6,8,10-11,16H,3,7,9H2,1-2H3. The first-order chi connectivity index (χ1) is 9.19. The molecule has 0 saturated carbocycles. The smallest absolute Gasteiger partial charge is 0.146 e. The van der Waals surface area contributed by atoms with E-state index < -0.39 is 0 Å². The van der Waals surface area contributed by atoms with Crippen LogP contribution in [0.1, 0.15) is 25.2 Å². The van der Waals surface area contributed by atoms with Crippen molar-refractivity contribution in [2.24, 2.45) is 0 Å². The number of halogens is 1. The number of nitrogens with zero attached hydrogens (tertiary/aromatic N) is 3. The van der Waals surface area contributed by atoms with Gasteiger partial charge in [0.1, 0.15) is 18.0 Å². The van der Waals surface area contributed by atoms with Gasteiger partial charge in [0.2, 0.25) is 0 Å². The van der Waals surface area contributed by atoms with E-state index in [0.717, 1.165) is 24.4 Å². The van der Waals surface area contributed by atoms with E-state index in [9.17, 15) is 4.39 Å². The highest BCUT2D eigenvalue weighted by molar-refractivity contribution is 5.17. The molecule has 1 heterocycles. The van der Waals surface area contributed by atoms with Crippen molar-refractivity contribution < 1.29 is 4.39 Å². The van der Waals surface area contributed by atoms with E-state index in [-0.39, 0.29) is 11.9 Å². The van der Waals surface area contributed by atoms with Crippen molar-refractivity contribution in [2.45, 2.75) is 39.4 Å². The molecule has 4 nitrogen and oxygen atoms in total. The molecule has 19 heavy (non-hydrogen) atoms. The Morgan fingerprint density at radius 2 is 2.26 bits per heavy atom. The van der Waals surface area contributed by atoms with Crippen LogP contribution in [0.25, 0.3) is 0 Å². The molecule has 0 spiro atoms. The van der Waals surface area contributed by atoms with Gasteiger partial charge in [0.05, 0.1) is 6.54 Å². The second kappa shape index (κ2) is 6.43. The summed E-state index contributed by atoms with van der Waals surface area (Å²) < 4.78 is 15.1. The highest BCUT2D eigenvalue weighted by Gasteiger charge is 2.07. The third kappa shape index (κ3) is 3.86. The van der Waals surface area contributed by atoms with Crippen LogP contribution in [0.5, 0.6) is 0 Å². The largest absolute Gasteiger partial charge is 0.317 e. The lowest BCUT2D eigenvalue weighted by atomic mass is 10.1. The Hall–Kier alpha value is -1.75. The molecule has 1 atom stereocenters. The third-order valence-corrected chi connectivity index (χ3v) is 3.08. The third-order valence-electron chi connectivity index (χ3n) is 3.08. The summed E-state index contributed by atoms with van der Waals surface area (Å²) in [5.74, 6) is 0.740. The molecule has 5 heteroatoms. The first kappa shape index (κ1) is 13.7. The predicted octanol–water partition coefficient (Wildman–Crippen LogP) is 2.16. The molecule has 1 N–H and O–H groups in total. The summed E-state index contributed by atoms with van der Waals surface area (Å²) in [6.45, 7) is 5.67. The Balaban J connectivity index is 1.86. The van der Waals surface area contributed by atoms with E-state index >= 15 is 0 Å². The molecule has 1 aromatic carbocycles. The molecular formula is C14H19FN4. The molecule has 0 saturated heterocycles. The fourth-order valence-electron chi connectivity index (χ4n) is 2.04. The number of aryl methyl sites for hydroxylation is 1. The molecule has 0 radical (unpaired) electrons. The van der Waals surface area contributed by atoms with Crippen LogP contribution in [-0.4, -0.2) is 20.8 Å². The molecular weight excluding hydrogens is 243 g/mol. The van der Waals surface area contributed by atoms with E-state index in [4.69, 9.17) is 0 Å². The zero-order valence-electron chi connectivity index (χ0n) is 11.3. The second-order valence-electron chi connectivity index (χ2n) is 4.65. The zero-order valence-corrected chi connectivity index (χ0v) is 11.3. The summed E-state index contributed by atoms with van der Waals surface area (Å²) >= 11 is 0. The minimum atomic E-state index is -0.185. The quantitative estimate of drug-likeness (QED) is 0.867. The second-order valence-corrected chi connectivity index (χ2v) is 4.65. The topological polar surface area (TPSA) is 42.7 Å². The fraction of sp³-hybridized carbons (Fsp3) is 0.429. The average molecular weight is 262 g/mol. The molecule has 1 aromatic heterocycles. The molecule has 2 rings (SSSR count). The molecule has 0 fully saturated rings. The first-order valence-electron chi connectivity index (χ1n) is 6.53. The lowest BCUT2D eigenvalue weighted by Crippen LogP contribution is -2.28. The van der Waals surface area contributed by atoms with E-state index in [1.54, 1.807) is 18.5 Å². The van der Waals surface area contributed by atoms with Crippen LogP contribution in [-0.2, 0) is 19.5 Å². The molecule has 2 aromatic rings. The van der Waals surface area contributed by atoms with E-state index in [1.165, 1.54) is 6.07 Å². The summed E-state index contributed by atoms with van der Waals surface area (Å²) in [4.78, 5) is 0. The Morgan fingerprint density at radius 3 is 3.00 bits per heavy atom. The van der Waals surface area contributed by atoms with Gasteiger partial charge in [0, 0.05) is 12.6 Å². The minimum absolute atomic E-state index is 0.185. The maximum atomic E-state index is 13.1. The maximum Gasteiger partial charge on any atom is 0.146 e. The number of benzene rings is 1. The number of hydrogen-bond acceptors (Lipinski definition) is 3. The number of nitrogens with one attached hydrogen (secondary N) is 1. The number of aromatic nitrogens is 3.